The van der Waals surface area contributed by atoms with E-state index in [1.54, 1.807) is 16.8 Å². The van der Waals surface area contributed by atoms with Gasteiger partial charge in [0.15, 0.2) is 10.9 Å². The fourth-order valence-corrected chi connectivity index (χ4v) is 3.92. The van der Waals surface area contributed by atoms with E-state index in [1.807, 2.05) is 78.7 Å². The van der Waals surface area contributed by atoms with Crippen LogP contribution in [0.25, 0.3) is 16.9 Å². The van der Waals surface area contributed by atoms with E-state index in [0.29, 0.717) is 16.6 Å². The Bertz CT molecular complexity index is 1340. The predicted octanol–water partition coefficient (Wildman–Crippen LogP) is 4.02. The number of nitrogens with zero attached hydrogens (tertiary/aromatic N) is 3. The van der Waals surface area contributed by atoms with Crippen LogP contribution in [0.4, 0.5) is 11.5 Å². The van der Waals surface area contributed by atoms with Gasteiger partial charge < -0.3 is 10.2 Å². The van der Waals surface area contributed by atoms with Gasteiger partial charge in [-0.3, -0.25) is 0 Å². The summed E-state index contributed by atoms with van der Waals surface area (Å²) in [6.45, 7) is 0. The minimum absolute atomic E-state index is 0.0404. The molecule has 1 aromatic heterocycles. The van der Waals surface area contributed by atoms with Crippen LogP contribution in [0.2, 0.25) is 0 Å². The van der Waals surface area contributed by atoms with Crippen LogP contribution >= 0.6 is 12.2 Å². The molecule has 0 aliphatic rings. The molecule has 32 heavy (non-hydrogen) atoms. The molecule has 0 amide bonds. The summed E-state index contributed by atoms with van der Waals surface area (Å²) in [6, 6.07) is 27.7. The summed E-state index contributed by atoms with van der Waals surface area (Å²) in [5.74, 6) is 0.562. The van der Waals surface area contributed by atoms with Crippen LogP contribution in [0.15, 0.2) is 95.9 Å². The van der Waals surface area contributed by atoms with Crippen LogP contribution in [0.3, 0.4) is 0 Å². The molecular weight excluding hydrogens is 442 g/mol. The van der Waals surface area contributed by atoms with Gasteiger partial charge in [-0.2, -0.15) is 0 Å². The lowest BCUT2D eigenvalue weighted by Gasteiger charge is -2.20. The van der Waals surface area contributed by atoms with Gasteiger partial charge in [-0.05, 0) is 48.6 Å². The number of para-hydroxylation sites is 1. The Labute approximate surface area is 192 Å². The van der Waals surface area contributed by atoms with Crippen molar-refractivity contribution in [1.82, 2.24) is 9.78 Å². The molecule has 4 aromatic rings. The molecule has 0 radical (unpaired) electrons. The largest absolute Gasteiger partial charge is 0.322 e. The van der Waals surface area contributed by atoms with Crippen molar-refractivity contribution in [3.05, 3.63) is 91.0 Å². The quantitative estimate of drug-likeness (QED) is 0.434. The first kappa shape index (κ1) is 21.7. The van der Waals surface area contributed by atoms with Crippen LogP contribution < -0.4 is 15.4 Å². The molecule has 3 N–H and O–H groups in total. The second-order valence-corrected chi connectivity index (χ2v) is 9.00. The molecule has 0 bridgehead atoms. The van der Waals surface area contributed by atoms with E-state index < -0.39 is 10.0 Å². The lowest BCUT2D eigenvalue weighted by atomic mass is 10.1. The normalized spacial score (nSPS) is 11.2. The Morgan fingerprint density at radius 2 is 1.56 bits per heavy atom. The first-order chi connectivity index (χ1) is 15.3. The number of primary sulfonamides is 1. The van der Waals surface area contributed by atoms with Crippen LogP contribution in [0, 0.1) is 0 Å². The lowest BCUT2D eigenvalue weighted by molar-refractivity contribution is 0.598. The summed E-state index contributed by atoms with van der Waals surface area (Å²) in [6.07, 6.45) is 0. The van der Waals surface area contributed by atoms with Gasteiger partial charge in [-0.15, -0.1) is 5.10 Å². The zero-order chi connectivity index (χ0) is 22.7. The minimum Gasteiger partial charge on any atom is -0.322 e. The van der Waals surface area contributed by atoms with Crippen molar-refractivity contribution in [3.63, 3.8) is 0 Å². The second kappa shape index (κ2) is 8.91. The highest BCUT2D eigenvalue weighted by Crippen LogP contribution is 2.27. The Hall–Kier alpha value is -3.53. The smallest absolute Gasteiger partial charge is 0.238 e. The van der Waals surface area contributed by atoms with E-state index in [1.165, 1.54) is 12.1 Å². The molecule has 4 rings (SSSR count). The molecule has 0 aliphatic carbocycles. The third kappa shape index (κ3) is 4.70. The number of nitrogens with one attached hydrogen (secondary N) is 1. The summed E-state index contributed by atoms with van der Waals surface area (Å²) in [5, 5.41) is 13.6. The number of hydrogen-bond donors (Lipinski definition) is 2. The molecule has 0 aliphatic heterocycles. The van der Waals surface area contributed by atoms with Crippen molar-refractivity contribution < 1.29 is 8.42 Å². The molecule has 9 heteroatoms. The highest BCUT2D eigenvalue weighted by Gasteiger charge is 2.15. The van der Waals surface area contributed by atoms with Gasteiger partial charge in [0.2, 0.25) is 10.0 Å². The first-order valence-corrected chi connectivity index (χ1v) is 11.7. The van der Waals surface area contributed by atoms with E-state index in [0.717, 1.165) is 16.9 Å². The molecule has 0 unspecified atom stereocenters. The number of sulfonamides is 1. The van der Waals surface area contributed by atoms with Gasteiger partial charge in [-0.1, -0.05) is 48.5 Å². The van der Waals surface area contributed by atoms with Crippen LogP contribution in [-0.4, -0.2) is 30.4 Å². The van der Waals surface area contributed by atoms with Crippen molar-refractivity contribution in [3.8, 4) is 16.9 Å². The standard InChI is InChI=1S/C23H21N5O2S2/c1-27(18-10-6-3-7-11-18)23(31)25-22-16-21(17-8-4-2-5-9-17)28(26-22)19-12-14-20(15-13-19)32(24,29)30/h2-16H,1H3,(H2,24,29,30)(H,25,26,31). The molecule has 0 saturated carbocycles. The van der Waals surface area contributed by atoms with Crippen molar-refractivity contribution in [2.24, 2.45) is 5.14 Å². The number of thiocarbonyl (C=S) groups is 1. The Balaban J connectivity index is 1.69. The first-order valence-electron chi connectivity index (χ1n) is 9.71. The topological polar surface area (TPSA) is 93.2 Å². The molecular formula is C23H21N5O2S2. The van der Waals surface area contributed by atoms with Gasteiger partial charge in [0.1, 0.15) is 0 Å². The number of hydrogen-bond acceptors (Lipinski definition) is 4. The molecule has 0 atom stereocenters. The lowest BCUT2D eigenvalue weighted by Crippen LogP contribution is -2.30. The van der Waals surface area contributed by atoms with Crippen molar-refractivity contribution in [2.75, 3.05) is 17.3 Å². The average molecular weight is 464 g/mol. The fourth-order valence-electron chi connectivity index (χ4n) is 3.19. The van der Waals surface area contributed by atoms with Gasteiger partial charge in [-0.25, -0.2) is 18.2 Å². The monoisotopic (exact) mass is 463 g/mol. The molecule has 0 saturated heterocycles. The van der Waals surface area contributed by atoms with E-state index in [4.69, 9.17) is 17.4 Å². The number of rotatable bonds is 5. The number of benzene rings is 3. The SMILES string of the molecule is CN(C(=S)Nc1cc(-c2ccccc2)n(-c2ccc(S(N)(=O)=O)cc2)n1)c1ccccc1. The summed E-state index contributed by atoms with van der Waals surface area (Å²) in [7, 11) is -1.89. The van der Waals surface area contributed by atoms with E-state index >= 15 is 0 Å². The van der Waals surface area contributed by atoms with Crippen LogP contribution in [0.5, 0.6) is 0 Å². The zero-order valence-corrected chi connectivity index (χ0v) is 18.8. The highest BCUT2D eigenvalue weighted by molar-refractivity contribution is 7.89. The maximum atomic E-state index is 11.6. The van der Waals surface area contributed by atoms with Crippen molar-refractivity contribution in [2.45, 2.75) is 4.90 Å². The predicted molar refractivity (Wildman–Crippen MR) is 131 cm³/mol. The number of nitrogens with two attached hydrogens (primary N) is 1. The number of aromatic nitrogens is 2. The Morgan fingerprint density at radius 3 is 2.16 bits per heavy atom. The van der Waals surface area contributed by atoms with Gasteiger partial charge in [0, 0.05) is 24.4 Å². The van der Waals surface area contributed by atoms with Gasteiger partial charge in [0.25, 0.3) is 0 Å². The molecule has 0 spiro atoms. The van der Waals surface area contributed by atoms with Crippen molar-refractivity contribution >= 4 is 38.9 Å². The van der Waals surface area contributed by atoms with Gasteiger partial charge >= 0.3 is 0 Å². The highest BCUT2D eigenvalue weighted by atomic mass is 32.2. The van der Waals surface area contributed by atoms with Crippen LogP contribution in [-0.2, 0) is 10.0 Å². The summed E-state index contributed by atoms with van der Waals surface area (Å²) in [5.41, 5.74) is 3.41. The molecule has 7 nitrogen and oxygen atoms in total. The number of anilines is 2. The Morgan fingerprint density at radius 1 is 0.969 bits per heavy atom. The molecule has 162 valence electrons. The summed E-state index contributed by atoms with van der Waals surface area (Å²) >= 11 is 5.57. The minimum atomic E-state index is -3.78. The van der Waals surface area contributed by atoms with E-state index in [-0.39, 0.29) is 4.90 Å². The fraction of sp³-hybridized carbons (Fsp3) is 0.0435. The molecule has 1 heterocycles. The Kier molecular flexibility index (Phi) is 6.04. The molecule has 0 fully saturated rings. The van der Waals surface area contributed by atoms with E-state index in [2.05, 4.69) is 10.4 Å². The summed E-state index contributed by atoms with van der Waals surface area (Å²) in [4.78, 5) is 1.90. The third-order valence-corrected chi connectivity index (χ3v) is 6.18. The van der Waals surface area contributed by atoms with Crippen molar-refractivity contribution in [1.29, 1.82) is 0 Å². The second-order valence-electron chi connectivity index (χ2n) is 7.06. The van der Waals surface area contributed by atoms with Crippen LogP contribution in [0.1, 0.15) is 0 Å². The maximum Gasteiger partial charge on any atom is 0.238 e. The zero-order valence-electron chi connectivity index (χ0n) is 17.2. The third-order valence-electron chi connectivity index (χ3n) is 4.87. The molecule has 3 aromatic carbocycles. The summed E-state index contributed by atoms with van der Waals surface area (Å²) < 4.78 is 24.9. The average Bonchev–Trinajstić information content (AvgIpc) is 3.23. The van der Waals surface area contributed by atoms with Gasteiger partial charge in [0.05, 0.1) is 16.3 Å². The van der Waals surface area contributed by atoms with E-state index in [9.17, 15) is 8.42 Å². The maximum absolute atomic E-state index is 11.6.